The Morgan fingerprint density at radius 1 is 1.21 bits per heavy atom. The van der Waals surface area contributed by atoms with E-state index in [0.717, 1.165) is 16.7 Å². The van der Waals surface area contributed by atoms with Gasteiger partial charge in [-0.05, 0) is 6.92 Å². The Morgan fingerprint density at radius 3 is 2.25 bits per heavy atom. The van der Waals surface area contributed by atoms with Gasteiger partial charge in [-0.15, -0.1) is 0 Å². The maximum atomic E-state index is 12.7. The van der Waals surface area contributed by atoms with Crippen LogP contribution >= 0.6 is 11.8 Å². The van der Waals surface area contributed by atoms with E-state index in [1.165, 1.54) is 0 Å². The molecule has 2 rings (SSSR count). The molecule has 3 N–H and O–H groups in total. The Balaban J connectivity index is 2.17. The van der Waals surface area contributed by atoms with Gasteiger partial charge < -0.3 is 20.1 Å². The number of carboxylic acid groups (broad SMARTS) is 1. The zero-order chi connectivity index (χ0) is 20.9. The molecular weight excluding hydrogens is 413 g/mol. The molecule has 0 aromatic heterocycles. The van der Waals surface area contributed by atoms with E-state index in [9.17, 15) is 33.3 Å². The number of thioether (sulfide) groups is 1. The monoisotopic (exact) mass is 434 g/mol. The van der Waals surface area contributed by atoms with Crippen LogP contribution in [0.3, 0.4) is 0 Å². The van der Waals surface area contributed by atoms with Crippen LogP contribution in [0.5, 0.6) is 0 Å². The van der Waals surface area contributed by atoms with Gasteiger partial charge in [0.1, 0.15) is 23.7 Å². The van der Waals surface area contributed by atoms with Crippen molar-refractivity contribution in [3.05, 3.63) is 0 Å². The maximum absolute atomic E-state index is 12.7. The number of aliphatic hydroxyl groups excluding tert-OH is 2. The molecule has 162 valence electrons. The molecule has 2 aliphatic rings. The van der Waals surface area contributed by atoms with Crippen molar-refractivity contribution in [3.8, 4) is 0 Å². The second-order valence-corrected chi connectivity index (χ2v) is 6.78. The van der Waals surface area contributed by atoms with Crippen LogP contribution in [-0.2, 0) is 18.9 Å². The molecule has 14 heteroatoms. The van der Waals surface area contributed by atoms with Gasteiger partial charge in [-0.3, -0.25) is 24.1 Å². The van der Waals surface area contributed by atoms with E-state index in [-0.39, 0.29) is 11.7 Å². The van der Waals surface area contributed by atoms with E-state index in [1.807, 2.05) is 0 Å². The summed E-state index contributed by atoms with van der Waals surface area (Å²) in [7, 11) is 0. The van der Waals surface area contributed by atoms with Crippen molar-refractivity contribution in [2.75, 3.05) is 27.1 Å². The summed E-state index contributed by atoms with van der Waals surface area (Å²) < 4.78 is 57.2. The zero-order valence-electron chi connectivity index (χ0n) is 14.7. The van der Waals surface area contributed by atoms with Gasteiger partial charge in [-0.25, -0.2) is 18.0 Å². The molecule has 2 heterocycles. The third-order valence-electron chi connectivity index (χ3n) is 4.20. The number of fused-ring (bicyclic) bond motifs is 1. The third-order valence-corrected chi connectivity index (χ3v) is 5.36. The lowest BCUT2D eigenvalue weighted by Gasteiger charge is -2.41. The highest BCUT2D eigenvalue weighted by atomic mass is 32.2. The largest absolute Gasteiger partial charge is 0.465 e. The Bertz CT molecular complexity index is 558. The molecule has 0 aromatic rings. The molecule has 1 saturated heterocycles. The summed E-state index contributed by atoms with van der Waals surface area (Å²) in [6.07, 6.45) is -6.41. The number of carbonyl (C=O) groups is 1. The van der Waals surface area contributed by atoms with E-state index >= 15 is 0 Å². The van der Waals surface area contributed by atoms with Gasteiger partial charge in [0, 0.05) is 6.54 Å². The summed E-state index contributed by atoms with van der Waals surface area (Å²) >= 11 is 0.888. The van der Waals surface area contributed by atoms with Crippen LogP contribution in [0.25, 0.3) is 0 Å². The Kier molecular flexibility index (Phi) is 8.30. The number of amides is 1. The van der Waals surface area contributed by atoms with Crippen molar-refractivity contribution in [1.29, 1.82) is 0 Å². The Labute approximate surface area is 162 Å². The van der Waals surface area contributed by atoms with Crippen LogP contribution in [0.15, 0.2) is 4.99 Å². The van der Waals surface area contributed by atoms with Crippen molar-refractivity contribution >= 4 is 23.0 Å². The number of alkyl halides is 3. The molecule has 1 fully saturated rings. The molecule has 5 atom stereocenters. The summed E-state index contributed by atoms with van der Waals surface area (Å²) in [5.41, 5.74) is -0.911. The summed E-state index contributed by atoms with van der Waals surface area (Å²) in [6.45, 7) is -2.86. The number of aliphatic hydroxyl groups is 2. The van der Waals surface area contributed by atoms with Crippen LogP contribution < -0.4 is 0 Å². The van der Waals surface area contributed by atoms with Gasteiger partial charge >= 0.3 is 6.09 Å². The molecule has 0 bridgehead atoms. The molecule has 0 spiro atoms. The van der Waals surface area contributed by atoms with Gasteiger partial charge in [-0.2, -0.15) is 0 Å². The van der Waals surface area contributed by atoms with Gasteiger partial charge in [0.25, 0.3) is 5.97 Å². The van der Waals surface area contributed by atoms with Crippen molar-refractivity contribution < 1.29 is 52.2 Å². The molecule has 0 radical (unpaired) electrons. The number of amidine groups is 1. The first-order chi connectivity index (χ1) is 13.3. The Morgan fingerprint density at radius 2 is 1.79 bits per heavy atom. The maximum Gasteiger partial charge on any atom is 0.413 e. The van der Waals surface area contributed by atoms with E-state index in [2.05, 4.69) is 19.2 Å². The number of nitrogens with zero attached hydrogens (tertiary/aromatic N) is 2. The Hall–Kier alpha value is -1.16. The average Bonchev–Trinajstić information content (AvgIpc) is 3.04. The van der Waals surface area contributed by atoms with Crippen LogP contribution in [0.1, 0.15) is 13.3 Å². The second-order valence-electron chi connectivity index (χ2n) is 5.72. The van der Waals surface area contributed by atoms with Gasteiger partial charge in [0.2, 0.25) is 0 Å². The zero-order valence-corrected chi connectivity index (χ0v) is 15.6. The molecule has 10 nitrogen and oxygen atoms in total. The first kappa shape index (κ1) is 23.1. The van der Waals surface area contributed by atoms with Crippen LogP contribution in [0, 0.1) is 0 Å². The minimum atomic E-state index is -2.53. The van der Waals surface area contributed by atoms with Crippen LogP contribution in [0.4, 0.5) is 18.0 Å². The lowest BCUT2D eigenvalue weighted by atomic mass is 9.95. The number of aliphatic imine (C=N–C) groups is 1. The third kappa shape index (κ3) is 4.87. The summed E-state index contributed by atoms with van der Waals surface area (Å²) in [5, 5.41) is 29.9. The second kappa shape index (κ2) is 10.0. The standard InChI is InChI=1S/C14H21F3N2O8S/c1-2-19(13(22)23)12-18-8-10(21)9(20)7(27-11(8)28-12)3-14(24-4-15,25-5-16)26-6-17/h7-11,20-21H,2-6H2,1H3,(H,22,23)/t7-,8+,9+,10+,11+/m0/s1. The fourth-order valence-corrected chi connectivity index (χ4v) is 4.15. The van der Waals surface area contributed by atoms with Crippen LogP contribution in [-0.4, -0.2) is 94.4 Å². The SMILES string of the molecule is CCN(C(=O)O)C1=N[C@@H]2[C@@H](O)[C@H](O)[C@H](CC(OCF)(OCF)OCF)O[C@@H]2S1. The highest BCUT2D eigenvalue weighted by Crippen LogP contribution is 2.40. The topological polar surface area (TPSA) is 130 Å². The number of hydrogen-bond donors (Lipinski definition) is 3. The van der Waals surface area contributed by atoms with Crippen molar-refractivity contribution in [1.82, 2.24) is 4.90 Å². The van der Waals surface area contributed by atoms with Gasteiger partial charge in [-0.1, -0.05) is 11.8 Å². The highest BCUT2D eigenvalue weighted by molar-refractivity contribution is 8.14. The van der Waals surface area contributed by atoms with E-state index < -0.39 is 68.9 Å². The van der Waals surface area contributed by atoms with Crippen molar-refractivity contribution in [2.45, 2.75) is 49.1 Å². The molecule has 0 aromatic carbocycles. The minimum Gasteiger partial charge on any atom is -0.465 e. The number of ether oxygens (including phenoxy) is 4. The molecule has 2 aliphatic heterocycles. The molecular formula is C14H21F3N2O8S. The first-order valence-corrected chi connectivity index (χ1v) is 9.06. The minimum absolute atomic E-state index is 0.0585. The molecule has 28 heavy (non-hydrogen) atoms. The number of rotatable bonds is 9. The van der Waals surface area contributed by atoms with Crippen LogP contribution in [0.2, 0.25) is 0 Å². The lowest BCUT2D eigenvalue weighted by Crippen LogP contribution is -2.57. The molecule has 0 aliphatic carbocycles. The summed E-state index contributed by atoms with van der Waals surface area (Å²) in [6, 6.07) is -0.986. The lowest BCUT2D eigenvalue weighted by molar-refractivity contribution is -0.416. The van der Waals surface area contributed by atoms with E-state index in [0.29, 0.717) is 0 Å². The number of halogens is 3. The van der Waals surface area contributed by atoms with E-state index in [4.69, 9.17) is 4.74 Å². The predicted octanol–water partition coefficient (Wildman–Crippen LogP) is 0.779. The van der Waals surface area contributed by atoms with Gasteiger partial charge in [0.15, 0.2) is 25.7 Å². The normalized spacial score (nSPS) is 30.1. The quantitative estimate of drug-likeness (QED) is 0.451. The molecule has 0 saturated carbocycles. The average molecular weight is 434 g/mol. The van der Waals surface area contributed by atoms with Crippen molar-refractivity contribution in [2.24, 2.45) is 4.99 Å². The van der Waals surface area contributed by atoms with E-state index in [1.54, 1.807) is 6.92 Å². The number of hydrogen-bond acceptors (Lipinski definition) is 9. The molecule has 0 unspecified atom stereocenters. The molecule has 1 amide bonds. The summed E-state index contributed by atoms with van der Waals surface area (Å²) in [5.74, 6) is -2.53. The van der Waals surface area contributed by atoms with Crippen molar-refractivity contribution in [3.63, 3.8) is 0 Å². The highest BCUT2D eigenvalue weighted by Gasteiger charge is 2.52. The fraction of sp³-hybridized carbons (Fsp3) is 0.857. The predicted molar refractivity (Wildman–Crippen MR) is 88.4 cm³/mol. The summed E-state index contributed by atoms with van der Waals surface area (Å²) in [4.78, 5) is 16.3. The first-order valence-electron chi connectivity index (χ1n) is 8.18. The fourth-order valence-electron chi connectivity index (χ4n) is 2.86. The van der Waals surface area contributed by atoms with Gasteiger partial charge in [0.05, 0.1) is 12.5 Å². The smallest absolute Gasteiger partial charge is 0.413 e.